The van der Waals surface area contributed by atoms with E-state index in [1.165, 1.54) is 48.5 Å². The van der Waals surface area contributed by atoms with Gasteiger partial charge < -0.3 is 10.2 Å². The highest BCUT2D eigenvalue weighted by Crippen LogP contribution is 2.24. The third-order valence-electron chi connectivity index (χ3n) is 2.34. The van der Waals surface area contributed by atoms with Crippen molar-refractivity contribution in [2.24, 2.45) is 0 Å². The molecule has 0 atom stereocenters. The monoisotopic (exact) mass is 249 g/mol. The molecule has 2 aromatic rings. The number of phenolic OH excluding ortho intramolecular Hbond substituents is 2. The van der Waals surface area contributed by atoms with Crippen LogP contribution in [-0.2, 0) is 9.73 Å². The van der Waals surface area contributed by atoms with E-state index < -0.39 is 9.73 Å². The van der Waals surface area contributed by atoms with E-state index in [2.05, 4.69) is 0 Å². The van der Waals surface area contributed by atoms with Gasteiger partial charge in [-0.2, -0.15) is 0 Å². The van der Waals surface area contributed by atoms with Crippen molar-refractivity contribution in [1.82, 2.24) is 0 Å². The van der Waals surface area contributed by atoms with Crippen molar-refractivity contribution >= 4 is 9.73 Å². The Hall–Kier alpha value is -2.01. The average molecular weight is 249 g/mol. The smallest absolute Gasteiger partial charge is 0.115 e. The van der Waals surface area contributed by atoms with Crippen LogP contribution < -0.4 is 0 Å². The molecule has 5 heteroatoms. The average Bonchev–Trinajstić information content (AvgIpc) is 2.30. The first-order valence-corrected chi connectivity index (χ1v) is 6.43. The molecule has 0 aliphatic rings. The van der Waals surface area contributed by atoms with Crippen LogP contribution in [0, 0.1) is 4.78 Å². The molecule has 0 bridgehead atoms. The molecule has 0 spiro atoms. The van der Waals surface area contributed by atoms with Gasteiger partial charge in [-0.1, -0.05) is 0 Å². The number of rotatable bonds is 2. The lowest BCUT2D eigenvalue weighted by Crippen LogP contribution is -1.99. The minimum atomic E-state index is -3.09. The normalized spacial score (nSPS) is 11.3. The van der Waals surface area contributed by atoms with Crippen LogP contribution in [0.5, 0.6) is 11.5 Å². The van der Waals surface area contributed by atoms with Crippen molar-refractivity contribution < 1.29 is 14.4 Å². The summed E-state index contributed by atoms with van der Waals surface area (Å²) in [5, 5.41) is 18.3. The number of aromatic hydroxyl groups is 2. The molecular formula is C12H11NO3S. The molecule has 0 unspecified atom stereocenters. The van der Waals surface area contributed by atoms with Crippen LogP contribution in [0.4, 0.5) is 0 Å². The van der Waals surface area contributed by atoms with Gasteiger partial charge in [0.15, 0.2) is 0 Å². The van der Waals surface area contributed by atoms with Crippen LogP contribution in [0.3, 0.4) is 0 Å². The summed E-state index contributed by atoms with van der Waals surface area (Å²) in [5.41, 5.74) is 0. The highest BCUT2D eigenvalue weighted by Gasteiger charge is 2.13. The van der Waals surface area contributed by atoms with E-state index in [4.69, 9.17) is 15.0 Å². The quantitative estimate of drug-likeness (QED) is 0.765. The number of benzene rings is 2. The topological polar surface area (TPSA) is 81.4 Å². The van der Waals surface area contributed by atoms with E-state index in [1.54, 1.807) is 0 Å². The van der Waals surface area contributed by atoms with Gasteiger partial charge in [0.05, 0.1) is 9.79 Å². The molecule has 0 saturated carbocycles. The third-order valence-corrected chi connectivity index (χ3v) is 4.21. The first-order chi connectivity index (χ1) is 8.00. The van der Waals surface area contributed by atoms with Gasteiger partial charge in [-0.05, 0) is 48.5 Å². The van der Waals surface area contributed by atoms with Crippen molar-refractivity contribution in [3.63, 3.8) is 0 Å². The zero-order valence-electron chi connectivity index (χ0n) is 8.83. The second-order valence-corrected chi connectivity index (χ2v) is 5.60. The van der Waals surface area contributed by atoms with Crippen LogP contribution in [0.1, 0.15) is 0 Å². The second-order valence-electron chi connectivity index (χ2n) is 3.54. The molecule has 3 N–H and O–H groups in total. The maximum atomic E-state index is 12.3. The molecule has 0 saturated heterocycles. The van der Waals surface area contributed by atoms with Crippen LogP contribution in [-0.4, -0.2) is 14.4 Å². The Morgan fingerprint density at radius 3 is 1.35 bits per heavy atom. The van der Waals surface area contributed by atoms with E-state index in [0.717, 1.165) is 0 Å². The number of phenols is 2. The zero-order chi connectivity index (χ0) is 12.5. The van der Waals surface area contributed by atoms with Crippen molar-refractivity contribution in [3.8, 4) is 11.5 Å². The standard InChI is InChI=1S/C12H11NO3S/c13-17(16,11-5-1-9(14)2-6-11)12-7-3-10(15)4-8-12/h1-8,13-15H. The Labute approximate surface area is 99.1 Å². The Morgan fingerprint density at radius 1 is 0.765 bits per heavy atom. The van der Waals surface area contributed by atoms with Crippen molar-refractivity contribution in [3.05, 3.63) is 48.5 Å². The summed E-state index contributed by atoms with van der Waals surface area (Å²) >= 11 is 0. The Bertz CT molecular complexity index is 564. The third kappa shape index (κ3) is 2.24. The largest absolute Gasteiger partial charge is 0.508 e. The van der Waals surface area contributed by atoms with Crippen LogP contribution >= 0.6 is 0 Å². The van der Waals surface area contributed by atoms with E-state index in [0.29, 0.717) is 9.79 Å². The Morgan fingerprint density at radius 2 is 1.06 bits per heavy atom. The van der Waals surface area contributed by atoms with Gasteiger partial charge in [0.25, 0.3) is 0 Å². The van der Waals surface area contributed by atoms with E-state index in [-0.39, 0.29) is 11.5 Å². The molecule has 0 fully saturated rings. The predicted octanol–water partition coefficient (Wildman–Crippen LogP) is 2.56. The van der Waals surface area contributed by atoms with Crippen LogP contribution in [0.25, 0.3) is 0 Å². The summed E-state index contributed by atoms with van der Waals surface area (Å²) in [6.45, 7) is 0. The van der Waals surface area contributed by atoms with Gasteiger partial charge in [-0.15, -0.1) is 0 Å². The minimum absolute atomic E-state index is 0.0645. The number of hydrogen-bond donors (Lipinski definition) is 3. The summed E-state index contributed by atoms with van der Waals surface area (Å²) in [6, 6.07) is 11.4. The van der Waals surface area contributed by atoms with Gasteiger partial charge in [-0.3, -0.25) is 0 Å². The summed E-state index contributed by atoms with van der Waals surface area (Å²) in [6.07, 6.45) is 0. The van der Waals surface area contributed by atoms with Gasteiger partial charge >= 0.3 is 0 Å². The van der Waals surface area contributed by atoms with Crippen molar-refractivity contribution in [2.75, 3.05) is 0 Å². The van der Waals surface area contributed by atoms with Crippen molar-refractivity contribution in [2.45, 2.75) is 9.79 Å². The maximum absolute atomic E-state index is 12.3. The molecule has 2 aromatic carbocycles. The van der Waals surface area contributed by atoms with Crippen molar-refractivity contribution in [1.29, 1.82) is 4.78 Å². The van der Waals surface area contributed by atoms with Gasteiger partial charge in [-0.25, -0.2) is 8.99 Å². The molecule has 0 aliphatic carbocycles. The lowest BCUT2D eigenvalue weighted by Gasteiger charge is -2.07. The molecule has 0 radical (unpaired) electrons. The predicted molar refractivity (Wildman–Crippen MR) is 63.6 cm³/mol. The summed E-state index contributed by atoms with van der Waals surface area (Å²) in [7, 11) is -3.09. The minimum Gasteiger partial charge on any atom is -0.508 e. The molecule has 0 aromatic heterocycles. The second kappa shape index (κ2) is 4.10. The molecule has 2 rings (SSSR count). The van der Waals surface area contributed by atoms with E-state index in [1.807, 2.05) is 0 Å². The lowest BCUT2D eigenvalue weighted by atomic mass is 10.3. The van der Waals surface area contributed by atoms with E-state index >= 15 is 0 Å². The molecule has 17 heavy (non-hydrogen) atoms. The molecule has 88 valence electrons. The first-order valence-electron chi connectivity index (χ1n) is 4.87. The Kier molecular flexibility index (Phi) is 2.77. The molecule has 0 aliphatic heterocycles. The fourth-order valence-corrected chi connectivity index (χ4v) is 2.72. The molecule has 0 amide bonds. The lowest BCUT2D eigenvalue weighted by molar-refractivity contribution is 0.474. The number of nitrogens with one attached hydrogen (secondary N) is 1. The van der Waals surface area contributed by atoms with Gasteiger partial charge in [0, 0.05) is 0 Å². The van der Waals surface area contributed by atoms with Crippen LogP contribution in [0.2, 0.25) is 0 Å². The molecule has 0 heterocycles. The van der Waals surface area contributed by atoms with Crippen LogP contribution in [0.15, 0.2) is 58.3 Å². The van der Waals surface area contributed by atoms with Gasteiger partial charge in [0.1, 0.15) is 21.2 Å². The molecule has 4 nitrogen and oxygen atoms in total. The van der Waals surface area contributed by atoms with Gasteiger partial charge in [0.2, 0.25) is 0 Å². The summed E-state index contributed by atoms with van der Waals surface area (Å²) < 4.78 is 20.2. The fraction of sp³-hybridized carbons (Fsp3) is 0. The highest BCUT2D eigenvalue weighted by molar-refractivity contribution is 7.92. The Balaban J connectivity index is 2.50. The first kappa shape index (κ1) is 11.5. The SMILES string of the molecule is N=S(=O)(c1ccc(O)cc1)c1ccc(O)cc1. The fourth-order valence-electron chi connectivity index (χ4n) is 1.41. The number of hydrogen-bond acceptors (Lipinski definition) is 4. The maximum Gasteiger partial charge on any atom is 0.115 e. The van der Waals surface area contributed by atoms with E-state index in [9.17, 15) is 4.21 Å². The highest BCUT2D eigenvalue weighted by atomic mass is 32.2. The molecular weight excluding hydrogens is 238 g/mol. The summed E-state index contributed by atoms with van der Waals surface area (Å²) in [5.74, 6) is 0.129. The summed E-state index contributed by atoms with van der Waals surface area (Å²) in [4.78, 5) is 0.641. The zero-order valence-corrected chi connectivity index (χ0v) is 9.65.